The van der Waals surface area contributed by atoms with E-state index in [1.807, 2.05) is 0 Å². The van der Waals surface area contributed by atoms with Crippen LogP contribution in [0.3, 0.4) is 0 Å². The van der Waals surface area contributed by atoms with Crippen LogP contribution in [-0.2, 0) is 14.3 Å². The van der Waals surface area contributed by atoms with Crippen LogP contribution in [0.2, 0.25) is 10.0 Å². The van der Waals surface area contributed by atoms with Gasteiger partial charge in [0.25, 0.3) is 0 Å². The molecule has 1 aromatic rings. The van der Waals surface area contributed by atoms with Crippen molar-refractivity contribution in [2.45, 2.75) is 33.6 Å². The lowest BCUT2D eigenvalue weighted by molar-refractivity contribution is -0.145. The lowest BCUT2D eigenvalue weighted by atomic mass is 10.1. The highest BCUT2D eigenvalue weighted by Gasteiger charge is 2.17. The van der Waals surface area contributed by atoms with Crippen molar-refractivity contribution in [1.82, 2.24) is 5.43 Å². The zero-order chi connectivity index (χ0) is 18.8. The Kier molecular flexibility index (Phi) is 9.31. The first-order valence-electron chi connectivity index (χ1n) is 7.92. The number of amides is 1. The summed E-state index contributed by atoms with van der Waals surface area (Å²) in [5, 5.41) is 4.88. The van der Waals surface area contributed by atoms with Crippen molar-refractivity contribution < 1.29 is 19.1 Å². The second kappa shape index (κ2) is 10.9. The van der Waals surface area contributed by atoms with Crippen molar-refractivity contribution in [2.24, 2.45) is 11.0 Å². The number of rotatable bonds is 9. The predicted octanol–water partition coefficient (Wildman–Crippen LogP) is 3.84. The first-order chi connectivity index (χ1) is 11.8. The first kappa shape index (κ1) is 21.3. The summed E-state index contributed by atoms with van der Waals surface area (Å²) in [6, 6.07) is 4.94. The third kappa shape index (κ3) is 7.75. The topological polar surface area (TPSA) is 77.0 Å². The Morgan fingerprint density at radius 2 is 2.04 bits per heavy atom. The van der Waals surface area contributed by atoms with Gasteiger partial charge in [-0.2, -0.15) is 5.10 Å². The van der Waals surface area contributed by atoms with Crippen LogP contribution in [-0.4, -0.2) is 30.8 Å². The molecule has 0 fully saturated rings. The van der Waals surface area contributed by atoms with Gasteiger partial charge in [-0.3, -0.25) is 9.59 Å². The molecule has 138 valence electrons. The lowest BCUT2D eigenvalue weighted by Gasteiger charge is -2.10. The van der Waals surface area contributed by atoms with Gasteiger partial charge in [-0.05, 0) is 45.4 Å². The molecule has 1 amide bonds. The van der Waals surface area contributed by atoms with E-state index in [9.17, 15) is 9.59 Å². The summed E-state index contributed by atoms with van der Waals surface area (Å²) in [5.74, 6) is -0.619. The standard InChI is InChI=1S/C17H22Cl2N2O4/c1-4-24-17(23)11(2)12(3)20-21-16(22)6-5-9-25-15-8-7-13(18)10-14(15)19/h7-8,10-11H,4-6,9H2,1-3H3,(H,21,22)/b20-12+. The Bertz CT molecular complexity index is 635. The molecule has 0 aromatic heterocycles. The van der Waals surface area contributed by atoms with E-state index >= 15 is 0 Å². The number of esters is 1. The van der Waals surface area contributed by atoms with Gasteiger partial charge in [0, 0.05) is 17.2 Å². The van der Waals surface area contributed by atoms with E-state index in [-0.39, 0.29) is 18.3 Å². The summed E-state index contributed by atoms with van der Waals surface area (Å²) >= 11 is 11.8. The number of ether oxygens (including phenoxy) is 2. The molecule has 1 N–H and O–H groups in total. The van der Waals surface area contributed by atoms with Crippen molar-refractivity contribution in [1.29, 1.82) is 0 Å². The summed E-state index contributed by atoms with van der Waals surface area (Å²) in [7, 11) is 0. The molecule has 0 bridgehead atoms. The second-order valence-electron chi connectivity index (χ2n) is 5.29. The molecule has 0 aliphatic rings. The minimum Gasteiger partial charge on any atom is -0.492 e. The Labute approximate surface area is 157 Å². The third-order valence-corrected chi connectivity index (χ3v) is 3.85. The summed E-state index contributed by atoms with van der Waals surface area (Å²) in [6.07, 6.45) is 0.725. The average Bonchev–Trinajstić information content (AvgIpc) is 2.57. The maximum Gasteiger partial charge on any atom is 0.314 e. The van der Waals surface area contributed by atoms with E-state index in [0.29, 0.717) is 41.1 Å². The van der Waals surface area contributed by atoms with Crippen LogP contribution in [0.4, 0.5) is 0 Å². The van der Waals surface area contributed by atoms with Gasteiger partial charge >= 0.3 is 5.97 Å². The van der Waals surface area contributed by atoms with Gasteiger partial charge in [0.05, 0.1) is 24.2 Å². The van der Waals surface area contributed by atoms with Gasteiger partial charge < -0.3 is 9.47 Å². The van der Waals surface area contributed by atoms with E-state index in [1.54, 1.807) is 39.0 Å². The predicted molar refractivity (Wildman–Crippen MR) is 98.2 cm³/mol. The quantitative estimate of drug-likeness (QED) is 0.301. The first-order valence-corrected chi connectivity index (χ1v) is 8.68. The molecule has 0 aliphatic heterocycles. The van der Waals surface area contributed by atoms with Gasteiger partial charge in [0.2, 0.25) is 5.91 Å². The third-order valence-electron chi connectivity index (χ3n) is 3.32. The van der Waals surface area contributed by atoms with Gasteiger partial charge in [-0.25, -0.2) is 5.43 Å². The Morgan fingerprint density at radius 3 is 2.68 bits per heavy atom. The highest BCUT2D eigenvalue weighted by Crippen LogP contribution is 2.27. The smallest absolute Gasteiger partial charge is 0.314 e. The summed E-state index contributed by atoms with van der Waals surface area (Å²) in [6.45, 7) is 5.70. The fourth-order valence-electron chi connectivity index (χ4n) is 1.75. The van der Waals surface area contributed by atoms with Crippen LogP contribution in [0.15, 0.2) is 23.3 Å². The molecule has 1 atom stereocenters. The number of nitrogens with zero attached hydrogens (tertiary/aromatic N) is 1. The zero-order valence-corrected chi connectivity index (χ0v) is 16.0. The minimum atomic E-state index is -0.504. The van der Waals surface area contributed by atoms with E-state index in [2.05, 4.69) is 10.5 Å². The van der Waals surface area contributed by atoms with Gasteiger partial charge in [-0.1, -0.05) is 23.2 Å². The molecule has 6 nitrogen and oxygen atoms in total. The van der Waals surface area contributed by atoms with Gasteiger partial charge in [-0.15, -0.1) is 0 Å². The van der Waals surface area contributed by atoms with Gasteiger partial charge in [0.1, 0.15) is 5.75 Å². The number of halogens is 2. The van der Waals surface area contributed by atoms with E-state index < -0.39 is 5.92 Å². The maximum absolute atomic E-state index is 11.8. The normalized spacial score (nSPS) is 12.4. The fourth-order valence-corrected chi connectivity index (χ4v) is 2.21. The SMILES string of the molecule is CCOC(=O)C(C)/C(C)=N/NC(=O)CCCOc1ccc(Cl)cc1Cl. The molecule has 25 heavy (non-hydrogen) atoms. The van der Waals surface area contributed by atoms with Crippen LogP contribution in [0.5, 0.6) is 5.75 Å². The van der Waals surface area contributed by atoms with Crippen molar-refractivity contribution >= 4 is 40.8 Å². The number of benzene rings is 1. The molecule has 0 spiro atoms. The highest BCUT2D eigenvalue weighted by atomic mass is 35.5. The molecule has 0 saturated carbocycles. The Morgan fingerprint density at radius 1 is 1.32 bits per heavy atom. The van der Waals surface area contributed by atoms with Gasteiger partial charge in [0.15, 0.2) is 0 Å². The zero-order valence-electron chi connectivity index (χ0n) is 14.5. The molecular formula is C17H22Cl2N2O4. The average molecular weight is 389 g/mol. The van der Waals surface area contributed by atoms with Crippen LogP contribution in [0, 0.1) is 5.92 Å². The highest BCUT2D eigenvalue weighted by molar-refractivity contribution is 6.35. The molecule has 8 heteroatoms. The van der Waals surface area contributed by atoms with Crippen molar-refractivity contribution in [3.05, 3.63) is 28.2 Å². The number of hydrazone groups is 1. The van der Waals surface area contributed by atoms with Crippen molar-refractivity contribution in [3.63, 3.8) is 0 Å². The van der Waals surface area contributed by atoms with E-state index in [0.717, 1.165) is 0 Å². The molecule has 0 heterocycles. The fraction of sp³-hybridized carbons (Fsp3) is 0.471. The number of hydrogen-bond acceptors (Lipinski definition) is 5. The van der Waals surface area contributed by atoms with Crippen LogP contribution in [0.1, 0.15) is 33.6 Å². The lowest BCUT2D eigenvalue weighted by Crippen LogP contribution is -2.26. The molecule has 1 rings (SSSR count). The second-order valence-corrected chi connectivity index (χ2v) is 6.13. The van der Waals surface area contributed by atoms with Crippen LogP contribution < -0.4 is 10.2 Å². The summed E-state index contributed by atoms with van der Waals surface area (Å²) in [5.41, 5.74) is 2.90. The van der Waals surface area contributed by atoms with Crippen LogP contribution in [0.25, 0.3) is 0 Å². The number of hydrogen-bond donors (Lipinski definition) is 1. The Balaban J connectivity index is 2.32. The molecule has 1 aromatic carbocycles. The molecular weight excluding hydrogens is 367 g/mol. The summed E-state index contributed by atoms with van der Waals surface area (Å²) < 4.78 is 10.4. The number of carbonyl (C=O) groups is 2. The largest absolute Gasteiger partial charge is 0.492 e. The molecule has 1 unspecified atom stereocenters. The van der Waals surface area contributed by atoms with Crippen molar-refractivity contribution in [3.8, 4) is 5.75 Å². The van der Waals surface area contributed by atoms with Crippen LogP contribution >= 0.6 is 23.2 Å². The summed E-state index contributed by atoms with van der Waals surface area (Å²) in [4.78, 5) is 23.3. The maximum atomic E-state index is 11.8. The number of carbonyl (C=O) groups excluding carboxylic acids is 2. The number of nitrogens with one attached hydrogen (secondary N) is 1. The van der Waals surface area contributed by atoms with Crippen molar-refractivity contribution in [2.75, 3.05) is 13.2 Å². The molecule has 0 saturated heterocycles. The minimum absolute atomic E-state index is 0.232. The van der Waals surface area contributed by atoms with E-state index in [1.165, 1.54) is 0 Å². The monoisotopic (exact) mass is 388 g/mol. The Hall–Kier alpha value is -1.79. The molecule has 0 aliphatic carbocycles. The molecule has 0 radical (unpaired) electrons. The van der Waals surface area contributed by atoms with E-state index in [4.69, 9.17) is 32.7 Å².